The first kappa shape index (κ1) is 32.2. The number of hydrogen-bond acceptors (Lipinski definition) is 7. The molecular weight excluding hydrogens is 566 g/mol. The zero-order valence-corrected chi connectivity index (χ0v) is 27.6. The second kappa shape index (κ2) is 16.7. The molecule has 7 nitrogen and oxygen atoms in total. The molecule has 0 spiro atoms. The number of aryl methyl sites for hydroxylation is 1. The summed E-state index contributed by atoms with van der Waals surface area (Å²) in [6.07, 6.45) is 8.10. The summed E-state index contributed by atoms with van der Waals surface area (Å²) in [5, 5.41) is 10.8. The van der Waals surface area contributed by atoms with Crippen LogP contribution in [0.3, 0.4) is 0 Å². The molecule has 1 aliphatic heterocycles. The quantitative estimate of drug-likeness (QED) is 0.135. The van der Waals surface area contributed by atoms with E-state index in [0.717, 1.165) is 69.9 Å². The molecule has 0 radical (unpaired) electrons. The normalized spacial score (nSPS) is 16.1. The summed E-state index contributed by atoms with van der Waals surface area (Å²) in [7, 11) is 0. The van der Waals surface area contributed by atoms with E-state index in [1.54, 1.807) is 0 Å². The highest BCUT2D eigenvalue weighted by atomic mass is 15.3. The van der Waals surface area contributed by atoms with E-state index in [1.165, 1.54) is 66.3 Å². The number of piperazine rings is 1. The highest BCUT2D eigenvalue weighted by Gasteiger charge is 2.19. The van der Waals surface area contributed by atoms with Gasteiger partial charge in [-0.25, -0.2) is 4.98 Å². The molecule has 1 saturated carbocycles. The highest BCUT2D eigenvalue weighted by molar-refractivity contribution is 5.63. The maximum Gasteiger partial charge on any atom is 0.225 e. The number of nitrogens with zero attached hydrogens (tertiary/aromatic N) is 4. The minimum Gasteiger partial charge on any atom is -0.354 e. The van der Waals surface area contributed by atoms with Crippen molar-refractivity contribution >= 4 is 11.8 Å². The minimum atomic E-state index is 0.698. The van der Waals surface area contributed by atoms with Crippen LogP contribution in [0.1, 0.15) is 60.9 Å². The fourth-order valence-electron chi connectivity index (χ4n) is 6.63. The van der Waals surface area contributed by atoms with Gasteiger partial charge in [-0.05, 0) is 67.1 Å². The third-order valence-electron chi connectivity index (χ3n) is 9.38. The van der Waals surface area contributed by atoms with Crippen LogP contribution in [0.2, 0.25) is 0 Å². The summed E-state index contributed by atoms with van der Waals surface area (Å²) < 4.78 is 0. The third-order valence-corrected chi connectivity index (χ3v) is 9.38. The van der Waals surface area contributed by atoms with Gasteiger partial charge in [-0.1, -0.05) is 98.1 Å². The lowest BCUT2D eigenvalue weighted by Crippen LogP contribution is -2.46. The van der Waals surface area contributed by atoms with Gasteiger partial charge < -0.3 is 20.9 Å². The number of anilines is 2. The maximum atomic E-state index is 4.90. The Hall–Kier alpha value is -3.78. The van der Waals surface area contributed by atoms with E-state index in [4.69, 9.17) is 4.98 Å². The monoisotopic (exact) mass is 617 g/mol. The average Bonchev–Trinajstić information content (AvgIpc) is 3.11. The first-order chi connectivity index (χ1) is 22.7. The van der Waals surface area contributed by atoms with Crippen molar-refractivity contribution in [1.82, 2.24) is 25.5 Å². The molecule has 242 valence electrons. The smallest absolute Gasteiger partial charge is 0.225 e. The van der Waals surface area contributed by atoms with Crippen LogP contribution in [-0.4, -0.2) is 60.2 Å². The second-order valence-electron chi connectivity index (χ2n) is 13.0. The first-order valence-corrected chi connectivity index (χ1v) is 17.4. The van der Waals surface area contributed by atoms with Gasteiger partial charge in [0.2, 0.25) is 5.95 Å². The zero-order valence-electron chi connectivity index (χ0n) is 27.6. The van der Waals surface area contributed by atoms with Crippen LogP contribution in [0.4, 0.5) is 11.8 Å². The molecule has 7 heteroatoms. The molecule has 1 aliphatic carbocycles. The predicted molar refractivity (Wildman–Crippen MR) is 191 cm³/mol. The lowest BCUT2D eigenvalue weighted by molar-refractivity contribution is 0.249. The molecule has 0 bridgehead atoms. The Morgan fingerprint density at radius 2 is 1.37 bits per heavy atom. The lowest BCUT2D eigenvalue weighted by Gasteiger charge is -2.35. The van der Waals surface area contributed by atoms with Crippen LogP contribution < -0.4 is 20.9 Å². The van der Waals surface area contributed by atoms with Crippen LogP contribution in [0.25, 0.3) is 11.1 Å². The molecule has 0 atom stereocenters. The van der Waals surface area contributed by atoms with Crippen molar-refractivity contribution in [2.24, 2.45) is 0 Å². The molecule has 1 aromatic heterocycles. The average molecular weight is 618 g/mol. The molecule has 2 fully saturated rings. The fourth-order valence-corrected chi connectivity index (χ4v) is 6.63. The van der Waals surface area contributed by atoms with Gasteiger partial charge in [0.15, 0.2) is 0 Å². The molecule has 0 unspecified atom stereocenters. The Kier molecular flexibility index (Phi) is 11.7. The van der Waals surface area contributed by atoms with Crippen LogP contribution in [-0.2, 0) is 19.6 Å². The summed E-state index contributed by atoms with van der Waals surface area (Å²) >= 11 is 0. The summed E-state index contributed by atoms with van der Waals surface area (Å²) in [4.78, 5) is 14.5. The Morgan fingerprint density at radius 3 is 2.11 bits per heavy atom. The molecule has 3 aromatic carbocycles. The van der Waals surface area contributed by atoms with Crippen LogP contribution in [0.5, 0.6) is 0 Å². The molecule has 2 aliphatic rings. The van der Waals surface area contributed by atoms with Gasteiger partial charge in [0.1, 0.15) is 5.82 Å². The van der Waals surface area contributed by atoms with E-state index in [9.17, 15) is 0 Å². The Labute approximate surface area is 275 Å². The zero-order chi connectivity index (χ0) is 31.4. The number of benzene rings is 3. The highest BCUT2D eigenvalue weighted by Crippen LogP contribution is 2.22. The minimum absolute atomic E-state index is 0.698. The molecule has 46 heavy (non-hydrogen) atoms. The molecule has 6 rings (SSSR count). The molecular formula is C39H51N7. The van der Waals surface area contributed by atoms with Gasteiger partial charge in [0.25, 0.3) is 0 Å². The van der Waals surface area contributed by atoms with E-state index in [-0.39, 0.29) is 0 Å². The van der Waals surface area contributed by atoms with Crippen molar-refractivity contribution in [2.75, 3.05) is 49.5 Å². The van der Waals surface area contributed by atoms with Crippen LogP contribution >= 0.6 is 0 Å². The molecule has 4 aromatic rings. The van der Waals surface area contributed by atoms with Crippen LogP contribution in [0, 0.1) is 6.92 Å². The first-order valence-electron chi connectivity index (χ1n) is 17.4. The largest absolute Gasteiger partial charge is 0.354 e. The molecule has 1 saturated heterocycles. The molecule has 3 N–H and O–H groups in total. The summed E-state index contributed by atoms with van der Waals surface area (Å²) in [6.45, 7) is 10.8. The number of aromatic nitrogens is 2. The van der Waals surface area contributed by atoms with Gasteiger partial charge >= 0.3 is 0 Å². The van der Waals surface area contributed by atoms with E-state index in [1.807, 2.05) is 0 Å². The van der Waals surface area contributed by atoms with Gasteiger partial charge in [-0.15, -0.1) is 0 Å². The van der Waals surface area contributed by atoms with Crippen LogP contribution in [0.15, 0.2) is 84.9 Å². The van der Waals surface area contributed by atoms with E-state index in [0.29, 0.717) is 12.5 Å². The van der Waals surface area contributed by atoms with Gasteiger partial charge in [-0.3, -0.25) is 4.90 Å². The third kappa shape index (κ3) is 9.61. The Morgan fingerprint density at radius 1 is 0.696 bits per heavy atom. The number of rotatable bonds is 14. The second-order valence-corrected chi connectivity index (χ2v) is 13.0. The Bertz CT molecular complexity index is 1460. The maximum absolute atomic E-state index is 4.90. The molecule has 0 amide bonds. The lowest BCUT2D eigenvalue weighted by atomic mass is 9.95. The van der Waals surface area contributed by atoms with Crippen molar-refractivity contribution in [2.45, 2.75) is 71.1 Å². The predicted octanol–water partition coefficient (Wildman–Crippen LogP) is 6.79. The van der Waals surface area contributed by atoms with Gasteiger partial charge in [0.05, 0.1) is 0 Å². The summed E-state index contributed by atoms with van der Waals surface area (Å²) in [5.74, 6) is 1.71. The van der Waals surface area contributed by atoms with Crippen molar-refractivity contribution in [3.8, 4) is 11.1 Å². The SMILES string of the molecule is Cc1cc(N2CCN(Cc3ccc(-c4ccccc4)cc3)CC2)nc(NCc2ccc(CNCCCNC3CCCCC3)cc2)n1. The van der Waals surface area contributed by atoms with Crippen molar-refractivity contribution in [3.63, 3.8) is 0 Å². The molecule has 2 heterocycles. The van der Waals surface area contributed by atoms with Gasteiger partial charge in [-0.2, -0.15) is 4.98 Å². The van der Waals surface area contributed by atoms with E-state index < -0.39 is 0 Å². The van der Waals surface area contributed by atoms with Gasteiger partial charge in [0, 0.05) is 63.6 Å². The summed E-state index contributed by atoms with van der Waals surface area (Å²) in [5.41, 5.74) is 7.44. The summed E-state index contributed by atoms with van der Waals surface area (Å²) in [6, 6.07) is 31.3. The van der Waals surface area contributed by atoms with Crippen molar-refractivity contribution < 1.29 is 0 Å². The standard InChI is InChI=1S/C39H51N7/c1-31-27-38(46-25-23-45(24-26-46)30-34-17-19-36(20-18-34)35-9-4-2-5-10-35)44-39(43-31)42-29-33-15-13-32(14-16-33)28-40-21-8-22-41-37-11-6-3-7-12-37/h2,4-5,9-10,13-20,27,37,40-41H,3,6-8,11-12,21-26,28-30H2,1H3,(H,42,43,44). The number of hydrogen-bond donors (Lipinski definition) is 3. The Balaban J connectivity index is 0.911. The topological polar surface area (TPSA) is 68.3 Å². The van der Waals surface area contributed by atoms with E-state index >= 15 is 0 Å². The van der Waals surface area contributed by atoms with E-state index in [2.05, 4.69) is 123 Å². The van der Waals surface area contributed by atoms with Crippen molar-refractivity contribution in [1.29, 1.82) is 0 Å². The fraction of sp³-hybridized carbons (Fsp3) is 0.436. The number of nitrogens with one attached hydrogen (secondary N) is 3. The van der Waals surface area contributed by atoms with Crippen molar-refractivity contribution in [3.05, 3.63) is 107 Å².